The highest BCUT2D eigenvalue weighted by molar-refractivity contribution is 5.96. The first-order valence-electron chi connectivity index (χ1n) is 20.6. The number of amides is 6. The molecule has 0 aromatic heterocycles. The molecule has 0 saturated heterocycles. The molecular weight excluding hydrogens is 823 g/mol. The zero-order valence-corrected chi connectivity index (χ0v) is 36.7. The van der Waals surface area contributed by atoms with Gasteiger partial charge in [0.2, 0.25) is 29.5 Å². The van der Waals surface area contributed by atoms with Gasteiger partial charge in [0, 0.05) is 6.07 Å². The van der Waals surface area contributed by atoms with E-state index in [1.807, 2.05) is 0 Å². The van der Waals surface area contributed by atoms with E-state index < -0.39 is 126 Å². The summed E-state index contributed by atoms with van der Waals surface area (Å²) in [5, 5.41) is 65.4. The zero-order chi connectivity index (χ0) is 47.9. The Balaban J connectivity index is 2.45. The first kappa shape index (κ1) is 52.9. The first-order chi connectivity index (χ1) is 29.3. The van der Waals surface area contributed by atoms with Crippen LogP contribution in [0.1, 0.15) is 85.4 Å². The molecular formula is C43H63N7O13. The van der Waals surface area contributed by atoms with Crippen LogP contribution in [0.4, 0.5) is 0 Å². The van der Waals surface area contributed by atoms with Crippen molar-refractivity contribution in [3.8, 4) is 11.5 Å². The van der Waals surface area contributed by atoms with Crippen LogP contribution in [0, 0.1) is 23.7 Å². The topological polar surface area (TPSA) is 336 Å². The van der Waals surface area contributed by atoms with Crippen molar-refractivity contribution in [1.29, 1.82) is 0 Å². The summed E-state index contributed by atoms with van der Waals surface area (Å²) < 4.78 is 0. The Bertz CT molecular complexity index is 1910. The van der Waals surface area contributed by atoms with Gasteiger partial charge in [-0.1, -0.05) is 85.7 Å². The van der Waals surface area contributed by atoms with Crippen molar-refractivity contribution >= 4 is 47.4 Å². The van der Waals surface area contributed by atoms with Crippen LogP contribution in [0.25, 0.3) is 0 Å². The molecule has 0 heterocycles. The number of nitrogens with one attached hydrogen (secondary N) is 6. The van der Waals surface area contributed by atoms with Crippen molar-refractivity contribution in [2.24, 2.45) is 29.4 Å². The van der Waals surface area contributed by atoms with Crippen LogP contribution in [0.15, 0.2) is 48.5 Å². The average molecular weight is 886 g/mol. The number of aliphatic hydroxyl groups excluding tert-OH is 1. The molecule has 0 bridgehead atoms. The first-order valence-corrected chi connectivity index (χ1v) is 20.6. The van der Waals surface area contributed by atoms with Gasteiger partial charge in [0.05, 0.1) is 18.5 Å². The van der Waals surface area contributed by atoms with Gasteiger partial charge in [-0.2, -0.15) is 0 Å². The maximum Gasteiger partial charge on any atom is 0.326 e. The van der Waals surface area contributed by atoms with Crippen LogP contribution in [0.5, 0.6) is 11.5 Å². The van der Waals surface area contributed by atoms with Crippen LogP contribution in [0.2, 0.25) is 0 Å². The molecule has 20 heteroatoms. The molecule has 20 nitrogen and oxygen atoms in total. The molecule has 0 aliphatic rings. The van der Waals surface area contributed by atoms with Gasteiger partial charge in [0.1, 0.15) is 41.7 Å². The van der Waals surface area contributed by atoms with E-state index in [9.17, 15) is 58.8 Å². The molecule has 0 radical (unpaired) electrons. The number of carbonyl (C=O) groups excluding carboxylic acids is 6. The SMILES string of the molecule is CC(C)C[C@H](NC(=O)C(NC(=O)[C@@H](N)C(C)C)c1cc(O)cc(O)c1)C(=O)N[C@H](Cc1ccccc1)[C@@H](O)C(=O)N[C@H](C(=O)N[C@H](C(=O)N[C@@H](CC(=O)O)C(=O)O)C(C)C)C(C)C. The number of carboxylic acid groups (broad SMARTS) is 2. The van der Waals surface area contributed by atoms with Gasteiger partial charge in [-0.15, -0.1) is 0 Å². The fourth-order valence-corrected chi connectivity index (χ4v) is 6.35. The number of phenols is 2. The smallest absolute Gasteiger partial charge is 0.326 e. The molecule has 8 atom stereocenters. The highest BCUT2D eigenvalue weighted by Gasteiger charge is 2.37. The summed E-state index contributed by atoms with van der Waals surface area (Å²) in [7, 11) is 0. The van der Waals surface area contributed by atoms with E-state index in [2.05, 4.69) is 31.9 Å². The summed E-state index contributed by atoms with van der Waals surface area (Å²) in [4.78, 5) is 105. The zero-order valence-electron chi connectivity index (χ0n) is 36.7. The quantitative estimate of drug-likeness (QED) is 0.0670. The molecule has 2 rings (SSSR count). The summed E-state index contributed by atoms with van der Waals surface area (Å²) in [6.07, 6.45) is -3.04. The van der Waals surface area contributed by atoms with Crippen LogP contribution in [-0.2, 0) is 44.8 Å². The number of carboxylic acids is 2. The lowest BCUT2D eigenvalue weighted by Crippen LogP contribution is -2.61. The molecule has 0 spiro atoms. The molecule has 2 aromatic rings. The van der Waals surface area contributed by atoms with E-state index in [0.29, 0.717) is 5.56 Å². The molecule has 2 aromatic carbocycles. The second-order valence-corrected chi connectivity index (χ2v) is 16.9. The highest BCUT2D eigenvalue weighted by atomic mass is 16.4. The van der Waals surface area contributed by atoms with Crippen molar-refractivity contribution in [3.05, 3.63) is 59.7 Å². The van der Waals surface area contributed by atoms with Crippen molar-refractivity contribution in [3.63, 3.8) is 0 Å². The molecule has 348 valence electrons. The lowest BCUT2D eigenvalue weighted by atomic mass is 9.96. The van der Waals surface area contributed by atoms with Crippen LogP contribution < -0.4 is 37.6 Å². The molecule has 0 aliphatic carbocycles. The largest absolute Gasteiger partial charge is 0.508 e. The Morgan fingerprint density at radius 3 is 1.57 bits per heavy atom. The fourth-order valence-electron chi connectivity index (χ4n) is 6.35. The summed E-state index contributed by atoms with van der Waals surface area (Å²) in [6.45, 7) is 13.2. The Morgan fingerprint density at radius 2 is 1.10 bits per heavy atom. The second-order valence-electron chi connectivity index (χ2n) is 16.9. The van der Waals surface area contributed by atoms with E-state index in [-0.39, 0.29) is 30.2 Å². The number of nitrogens with two attached hydrogens (primary N) is 1. The van der Waals surface area contributed by atoms with Crippen LogP contribution in [0.3, 0.4) is 0 Å². The normalized spacial score (nSPS) is 15.2. The van der Waals surface area contributed by atoms with E-state index in [4.69, 9.17) is 10.8 Å². The number of aromatic hydroxyl groups is 2. The van der Waals surface area contributed by atoms with Crippen molar-refractivity contribution in [2.75, 3.05) is 0 Å². The minimum Gasteiger partial charge on any atom is -0.508 e. The number of benzene rings is 2. The minimum absolute atomic E-state index is 0.0269. The second kappa shape index (κ2) is 24.4. The number of rotatable bonds is 24. The number of carbonyl (C=O) groups is 8. The molecule has 63 heavy (non-hydrogen) atoms. The van der Waals surface area contributed by atoms with Crippen molar-refractivity contribution in [1.82, 2.24) is 31.9 Å². The molecule has 0 saturated carbocycles. The molecule has 0 aliphatic heterocycles. The van der Waals surface area contributed by atoms with Crippen LogP contribution >= 0.6 is 0 Å². The van der Waals surface area contributed by atoms with Gasteiger partial charge in [0.15, 0.2) is 6.10 Å². The van der Waals surface area contributed by atoms with Crippen LogP contribution in [-0.4, -0.2) is 115 Å². The number of aliphatic carboxylic acids is 2. The minimum atomic E-state index is -2.02. The summed E-state index contributed by atoms with van der Waals surface area (Å²) >= 11 is 0. The van der Waals surface area contributed by atoms with E-state index in [1.165, 1.54) is 0 Å². The Morgan fingerprint density at radius 1 is 0.587 bits per heavy atom. The monoisotopic (exact) mass is 885 g/mol. The lowest BCUT2D eigenvalue weighted by molar-refractivity contribution is -0.147. The highest BCUT2D eigenvalue weighted by Crippen LogP contribution is 2.26. The van der Waals surface area contributed by atoms with Crippen molar-refractivity contribution < 1.29 is 63.9 Å². The molecule has 6 amide bonds. The maximum atomic E-state index is 14.2. The third-order valence-electron chi connectivity index (χ3n) is 9.93. The number of phenolic OH excluding ortho intramolecular Hbond substituents is 2. The predicted molar refractivity (Wildman–Crippen MR) is 228 cm³/mol. The third kappa shape index (κ3) is 16.8. The Kier molecular flexibility index (Phi) is 20.5. The molecule has 13 N–H and O–H groups in total. The van der Waals surface area contributed by atoms with Crippen molar-refractivity contribution in [2.45, 2.75) is 123 Å². The molecule has 0 fully saturated rings. The fraction of sp³-hybridized carbons (Fsp3) is 0.535. The number of aliphatic hydroxyl groups is 1. The summed E-state index contributed by atoms with van der Waals surface area (Å²) in [5.74, 6) is -11.2. The van der Waals surface area contributed by atoms with Gasteiger partial charge in [-0.25, -0.2) is 4.79 Å². The predicted octanol–water partition coefficient (Wildman–Crippen LogP) is 0.183. The van der Waals surface area contributed by atoms with Gasteiger partial charge in [0.25, 0.3) is 5.91 Å². The average Bonchev–Trinajstić information content (AvgIpc) is 3.18. The van der Waals surface area contributed by atoms with E-state index in [0.717, 1.165) is 18.2 Å². The van der Waals surface area contributed by atoms with E-state index >= 15 is 0 Å². The number of hydrogen-bond donors (Lipinski definition) is 12. The summed E-state index contributed by atoms with van der Waals surface area (Å²) in [5.41, 5.74) is 6.60. The Labute approximate surface area is 366 Å². The Hall–Kier alpha value is -6.28. The van der Waals surface area contributed by atoms with Gasteiger partial charge >= 0.3 is 11.9 Å². The van der Waals surface area contributed by atoms with Gasteiger partial charge in [-0.3, -0.25) is 33.6 Å². The number of hydrogen-bond acceptors (Lipinski definition) is 12. The molecule has 1 unspecified atom stereocenters. The van der Waals surface area contributed by atoms with Gasteiger partial charge < -0.3 is 63.2 Å². The van der Waals surface area contributed by atoms with Gasteiger partial charge in [-0.05, 0) is 59.8 Å². The summed E-state index contributed by atoms with van der Waals surface area (Å²) in [6, 6.07) is 1.95. The lowest BCUT2D eigenvalue weighted by Gasteiger charge is -2.31. The van der Waals surface area contributed by atoms with E-state index in [1.54, 1.807) is 85.7 Å². The standard InChI is InChI=1S/C43H63N7O13/c1-20(2)14-29(46-41(60)35(50-38(57)32(44)21(3)4)25-16-26(51)18-27(52)17-25)37(56)45-28(15-24-12-10-9-11-13-24)36(55)42(61)49-34(23(7)8)40(59)48-33(22(5)6)39(58)47-30(43(62)63)19-31(53)54/h9-13,16-18,20-23,28-30,32-36,51-52,55H,14-15,19,44H2,1-8H3,(H,45,56)(H,46,60)(H,47,58)(H,48,59)(H,49,61)(H,50,57)(H,53,54)(H,62,63)/t28-,29+,30+,32+,33+,34+,35?,36-/m1/s1. The third-order valence-corrected chi connectivity index (χ3v) is 9.93. The maximum absolute atomic E-state index is 14.2.